The molecular weight excluding hydrogens is 768 g/mol. The number of pyridine rings is 1. The summed E-state index contributed by atoms with van der Waals surface area (Å²) in [4.78, 5) is 62.5. The molecule has 58 heavy (non-hydrogen) atoms. The SMILES string of the molecule is COCOc1ccc(C(=O)Nc2ccc3nc(C(=O)N4C[C@@H](CCl)c5c4cc(OC(=O)N(CCO)CCN(C)C(=O)OC(C)(C)C)c4cccc(C)c54)cn3c2)cc1. The molecule has 0 radical (unpaired) electrons. The Kier molecular flexibility index (Phi) is 12.7. The number of alkyl halides is 1. The molecule has 0 unspecified atom stereocenters. The molecule has 1 atom stereocenters. The van der Waals surface area contributed by atoms with Crippen LogP contribution in [-0.4, -0.2) is 114 Å². The summed E-state index contributed by atoms with van der Waals surface area (Å²) in [6.45, 7) is 7.40. The predicted molar refractivity (Wildman–Crippen MR) is 219 cm³/mol. The first-order chi connectivity index (χ1) is 27.7. The van der Waals surface area contributed by atoms with Crippen molar-refractivity contribution in [2.75, 3.05) is 69.8 Å². The van der Waals surface area contributed by atoms with Gasteiger partial charge in [-0.25, -0.2) is 14.6 Å². The number of hydrogen-bond donors (Lipinski definition) is 2. The van der Waals surface area contributed by atoms with Crippen molar-refractivity contribution in [3.63, 3.8) is 0 Å². The molecule has 0 saturated carbocycles. The Morgan fingerprint density at radius 2 is 1.76 bits per heavy atom. The lowest BCUT2D eigenvalue weighted by Gasteiger charge is -2.27. The normalized spacial score (nSPS) is 13.7. The number of likely N-dealkylation sites (N-methyl/N-ethyl adjacent to an activating group) is 1. The first kappa shape index (κ1) is 41.7. The summed E-state index contributed by atoms with van der Waals surface area (Å²) in [5, 5.41) is 14.2. The van der Waals surface area contributed by atoms with Crippen LogP contribution in [0.5, 0.6) is 11.5 Å². The quantitative estimate of drug-likeness (QED) is 0.0969. The number of amides is 4. The Hall–Kier alpha value is -5.90. The van der Waals surface area contributed by atoms with Crippen LogP contribution in [0, 0.1) is 6.92 Å². The Labute approximate surface area is 341 Å². The minimum atomic E-state index is -0.740. The summed E-state index contributed by atoms with van der Waals surface area (Å²) in [6.07, 6.45) is 1.98. The summed E-state index contributed by atoms with van der Waals surface area (Å²) < 4.78 is 23.4. The number of methoxy groups -OCH3 is 1. The van der Waals surface area contributed by atoms with Crippen molar-refractivity contribution in [3.05, 3.63) is 95.4 Å². The van der Waals surface area contributed by atoms with E-state index in [-0.39, 0.29) is 68.7 Å². The fourth-order valence-corrected chi connectivity index (χ4v) is 6.95. The number of aliphatic hydroxyl groups excluding tert-OH is 1. The van der Waals surface area contributed by atoms with E-state index in [1.807, 2.05) is 25.1 Å². The monoisotopic (exact) mass is 814 g/mol. The van der Waals surface area contributed by atoms with Crippen molar-refractivity contribution in [1.29, 1.82) is 0 Å². The van der Waals surface area contributed by atoms with E-state index in [0.29, 0.717) is 33.7 Å². The van der Waals surface area contributed by atoms with Gasteiger partial charge in [-0.05, 0) is 80.6 Å². The van der Waals surface area contributed by atoms with Crippen molar-refractivity contribution in [2.24, 2.45) is 0 Å². The van der Waals surface area contributed by atoms with Gasteiger partial charge in [0.15, 0.2) is 6.79 Å². The van der Waals surface area contributed by atoms with Crippen molar-refractivity contribution in [3.8, 4) is 11.5 Å². The van der Waals surface area contributed by atoms with Gasteiger partial charge in [-0.15, -0.1) is 11.6 Å². The topological polar surface area (TPSA) is 164 Å². The highest BCUT2D eigenvalue weighted by Crippen LogP contribution is 2.47. The van der Waals surface area contributed by atoms with E-state index >= 15 is 0 Å². The largest absolute Gasteiger partial charge is 0.468 e. The number of imidazole rings is 1. The zero-order valence-corrected chi connectivity index (χ0v) is 34.0. The van der Waals surface area contributed by atoms with Crippen LogP contribution in [0.2, 0.25) is 0 Å². The van der Waals surface area contributed by atoms with Crippen molar-refractivity contribution in [2.45, 2.75) is 39.2 Å². The number of ether oxygens (including phenoxy) is 4. The Morgan fingerprint density at radius 3 is 2.45 bits per heavy atom. The van der Waals surface area contributed by atoms with Crippen LogP contribution in [0.25, 0.3) is 16.4 Å². The summed E-state index contributed by atoms with van der Waals surface area (Å²) in [7, 11) is 3.09. The van der Waals surface area contributed by atoms with E-state index in [1.54, 1.807) is 92.0 Å². The number of carbonyl (C=O) groups excluding carboxylic acids is 4. The lowest BCUT2D eigenvalue weighted by Crippen LogP contribution is -2.43. The highest BCUT2D eigenvalue weighted by molar-refractivity contribution is 6.19. The number of rotatable bonds is 13. The first-order valence-corrected chi connectivity index (χ1v) is 19.2. The van der Waals surface area contributed by atoms with Crippen molar-refractivity contribution in [1.82, 2.24) is 19.2 Å². The average molecular weight is 815 g/mol. The van der Waals surface area contributed by atoms with Crippen LogP contribution in [0.4, 0.5) is 21.0 Å². The smallest absolute Gasteiger partial charge is 0.415 e. The standard InChI is InChI=1S/C42H47ClN6O9/c1-26-8-7-9-31-34(57-41(54)47(18-19-50)17-16-46(5)40(53)58-42(2,3)4)20-33-37(36(26)31)28(21-43)22-49(33)39(52)32-24-48-23-29(12-15-35(48)45-32)44-38(51)27-10-13-30(14-11-27)56-25-55-6/h7-15,20,23-24,28,50H,16-19,21-22,25H2,1-6H3,(H,44,51)/t28-/m1/s1. The van der Waals surface area contributed by atoms with E-state index < -0.39 is 23.7 Å². The first-order valence-electron chi connectivity index (χ1n) is 18.7. The second-order valence-corrected chi connectivity index (χ2v) is 15.2. The van der Waals surface area contributed by atoms with E-state index in [4.69, 9.17) is 30.5 Å². The Morgan fingerprint density at radius 1 is 1.00 bits per heavy atom. The number of anilines is 2. The molecule has 0 saturated heterocycles. The molecule has 1 aliphatic heterocycles. The van der Waals surface area contributed by atoms with Gasteiger partial charge in [-0.1, -0.05) is 18.2 Å². The number of hydrogen-bond acceptors (Lipinski definition) is 10. The van der Waals surface area contributed by atoms with E-state index in [0.717, 1.165) is 16.5 Å². The number of carbonyl (C=O) groups is 4. The second-order valence-electron chi connectivity index (χ2n) is 14.9. The summed E-state index contributed by atoms with van der Waals surface area (Å²) in [5.41, 5.74) is 3.15. The molecule has 2 N–H and O–H groups in total. The number of aliphatic hydroxyl groups is 1. The van der Waals surface area contributed by atoms with Crippen LogP contribution in [0.15, 0.2) is 73.1 Å². The molecular formula is C42H47ClN6O9. The zero-order valence-electron chi connectivity index (χ0n) is 33.3. The number of aromatic nitrogens is 2. The predicted octanol–water partition coefficient (Wildman–Crippen LogP) is 6.67. The number of nitrogens with zero attached hydrogens (tertiary/aromatic N) is 5. The number of nitrogens with one attached hydrogen (secondary N) is 1. The maximum Gasteiger partial charge on any atom is 0.415 e. The molecule has 1 aliphatic rings. The third-order valence-electron chi connectivity index (χ3n) is 9.51. The summed E-state index contributed by atoms with van der Waals surface area (Å²) >= 11 is 6.56. The summed E-state index contributed by atoms with van der Waals surface area (Å²) in [6, 6.07) is 17.4. The van der Waals surface area contributed by atoms with Gasteiger partial charge >= 0.3 is 12.2 Å². The third-order valence-corrected chi connectivity index (χ3v) is 9.88. The number of benzene rings is 3. The van der Waals surface area contributed by atoms with Crippen LogP contribution < -0.4 is 19.7 Å². The van der Waals surface area contributed by atoms with Crippen molar-refractivity contribution < 1.29 is 43.2 Å². The van der Waals surface area contributed by atoms with Gasteiger partial charge < -0.3 is 48.5 Å². The molecule has 0 aliphatic carbocycles. The molecule has 3 aromatic carbocycles. The molecule has 3 heterocycles. The lowest BCUT2D eigenvalue weighted by atomic mass is 9.92. The van der Waals surface area contributed by atoms with Crippen LogP contribution in [0.3, 0.4) is 0 Å². The molecule has 0 fully saturated rings. The van der Waals surface area contributed by atoms with Gasteiger partial charge in [0.1, 0.15) is 28.4 Å². The minimum Gasteiger partial charge on any atom is -0.468 e. The molecule has 0 bridgehead atoms. The maximum absolute atomic E-state index is 14.4. The molecule has 4 amide bonds. The molecule has 2 aromatic heterocycles. The molecule has 15 nitrogen and oxygen atoms in total. The van der Waals surface area contributed by atoms with Gasteiger partial charge in [0.2, 0.25) is 0 Å². The maximum atomic E-state index is 14.4. The van der Waals surface area contributed by atoms with Crippen LogP contribution in [-0.2, 0) is 9.47 Å². The van der Waals surface area contributed by atoms with Gasteiger partial charge in [0.25, 0.3) is 11.8 Å². The average Bonchev–Trinajstić information content (AvgIpc) is 3.79. The molecule has 0 spiro atoms. The van der Waals surface area contributed by atoms with Gasteiger partial charge in [0.05, 0.1) is 18.0 Å². The number of aryl methyl sites for hydroxylation is 1. The number of fused-ring (bicyclic) bond motifs is 4. The summed E-state index contributed by atoms with van der Waals surface area (Å²) in [5.74, 6) is 0.0499. The lowest BCUT2D eigenvalue weighted by molar-refractivity contribution is 0.0281. The number of halogens is 1. The van der Waals surface area contributed by atoms with Gasteiger partial charge in [-0.3, -0.25) is 9.59 Å². The van der Waals surface area contributed by atoms with Crippen LogP contribution in [0.1, 0.15) is 58.7 Å². The highest BCUT2D eigenvalue weighted by Gasteiger charge is 2.37. The third kappa shape index (κ3) is 9.28. The minimum absolute atomic E-state index is 0.0427. The molecule has 306 valence electrons. The van der Waals surface area contributed by atoms with Crippen molar-refractivity contribution >= 4 is 63.4 Å². The van der Waals surface area contributed by atoms with Gasteiger partial charge in [0, 0.05) is 81.5 Å². The van der Waals surface area contributed by atoms with Crippen LogP contribution >= 0.6 is 11.6 Å². The zero-order chi connectivity index (χ0) is 41.7. The van der Waals surface area contributed by atoms with E-state index in [1.165, 1.54) is 16.9 Å². The van der Waals surface area contributed by atoms with Gasteiger partial charge in [-0.2, -0.15) is 0 Å². The fourth-order valence-electron chi connectivity index (χ4n) is 6.70. The fraction of sp³-hybridized carbons (Fsp3) is 0.357. The second kappa shape index (κ2) is 17.7. The molecule has 16 heteroatoms. The van der Waals surface area contributed by atoms with E-state index in [9.17, 15) is 24.3 Å². The molecule has 5 aromatic rings. The molecule has 6 rings (SSSR count). The Bertz CT molecular complexity index is 2320. The Balaban J connectivity index is 1.25. The highest BCUT2D eigenvalue weighted by atomic mass is 35.5. The van der Waals surface area contributed by atoms with E-state index in [2.05, 4.69) is 10.3 Å².